The first kappa shape index (κ1) is 21.0. The third kappa shape index (κ3) is 3.26. The quantitative estimate of drug-likeness (QED) is 0.249. The Labute approximate surface area is 219 Å². The predicted octanol–water partition coefficient (Wildman–Crippen LogP) is 9.41. The highest BCUT2D eigenvalue weighted by molar-refractivity contribution is 6.09. The summed E-state index contributed by atoms with van der Waals surface area (Å²) in [7, 11) is 0. The van der Waals surface area contributed by atoms with Crippen LogP contribution in [-0.4, -0.2) is 9.55 Å². The van der Waals surface area contributed by atoms with Crippen LogP contribution in [0.25, 0.3) is 71.9 Å². The maximum atomic E-state index is 6.26. The monoisotopic (exact) mass is 486 g/mol. The SMILES string of the molecule is c1ccc2cc(-c3ccc4nc(-c5ccc(-n6c7ccccc7c7ccccc76)cc5)oc4c3)ccc2c1. The van der Waals surface area contributed by atoms with Crippen LogP contribution in [0.2, 0.25) is 0 Å². The van der Waals surface area contributed by atoms with Crippen LogP contribution in [0.15, 0.2) is 138 Å². The van der Waals surface area contributed by atoms with Crippen molar-refractivity contribution >= 4 is 43.7 Å². The van der Waals surface area contributed by atoms with Gasteiger partial charge in [-0.2, -0.15) is 0 Å². The summed E-state index contributed by atoms with van der Waals surface area (Å²) in [5.41, 5.74) is 8.40. The van der Waals surface area contributed by atoms with Gasteiger partial charge in [-0.25, -0.2) is 4.98 Å². The second kappa shape index (κ2) is 8.19. The van der Waals surface area contributed by atoms with Gasteiger partial charge in [-0.05, 0) is 76.5 Å². The van der Waals surface area contributed by atoms with E-state index in [1.165, 1.54) is 38.1 Å². The van der Waals surface area contributed by atoms with Crippen LogP contribution in [0.5, 0.6) is 0 Å². The Bertz CT molecular complexity index is 2080. The molecule has 3 heteroatoms. The lowest BCUT2D eigenvalue weighted by molar-refractivity contribution is 0.620. The Morgan fingerprint density at radius 3 is 1.87 bits per heavy atom. The third-order valence-corrected chi connectivity index (χ3v) is 7.42. The summed E-state index contributed by atoms with van der Waals surface area (Å²) >= 11 is 0. The average molecular weight is 487 g/mol. The normalized spacial score (nSPS) is 11.7. The molecule has 0 aliphatic carbocycles. The van der Waals surface area contributed by atoms with Crippen LogP contribution in [-0.2, 0) is 0 Å². The molecule has 6 aromatic carbocycles. The predicted molar refractivity (Wildman–Crippen MR) is 157 cm³/mol. The topological polar surface area (TPSA) is 31.0 Å². The highest BCUT2D eigenvalue weighted by atomic mass is 16.3. The molecule has 8 aromatic rings. The Kier molecular flexibility index (Phi) is 4.52. The van der Waals surface area contributed by atoms with Gasteiger partial charge >= 0.3 is 0 Å². The minimum absolute atomic E-state index is 0.629. The molecule has 0 N–H and O–H groups in total. The van der Waals surface area contributed by atoms with Crippen molar-refractivity contribution in [1.29, 1.82) is 0 Å². The van der Waals surface area contributed by atoms with Crippen molar-refractivity contribution in [3.63, 3.8) is 0 Å². The van der Waals surface area contributed by atoms with Gasteiger partial charge in [0.15, 0.2) is 5.58 Å². The fraction of sp³-hybridized carbons (Fsp3) is 0. The standard InChI is InChI=1S/C35H22N2O/c1-2-8-25-21-26(14-13-23(25)7-1)27-17-20-31-34(22-27)38-35(36-31)24-15-18-28(19-16-24)37-32-11-5-3-9-29(32)30-10-4-6-12-33(30)37/h1-22H. The first-order valence-electron chi connectivity index (χ1n) is 12.8. The van der Waals surface area contributed by atoms with Crippen LogP contribution in [0.4, 0.5) is 0 Å². The molecule has 2 aromatic heterocycles. The van der Waals surface area contributed by atoms with E-state index < -0.39 is 0 Å². The first-order chi connectivity index (χ1) is 18.8. The van der Waals surface area contributed by atoms with Gasteiger partial charge in [0.1, 0.15) is 5.52 Å². The summed E-state index contributed by atoms with van der Waals surface area (Å²) in [5.74, 6) is 0.629. The van der Waals surface area contributed by atoms with Crippen LogP contribution in [0, 0.1) is 0 Å². The summed E-state index contributed by atoms with van der Waals surface area (Å²) in [4.78, 5) is 4.79. The molecule has 38 heavy (non-hydrogen) atoms. The van der Waals surface area contributed by atoms with Gasteiger partial charge in [0, 0.05) is 22.0 Å². The van der Waals surface area contributed by atoms with Crippen LogP contribution < -0.4 is 0 Å². The molecular formula is C35H22N2O. The van der Waals surface area contributed by atoms with Crippen molar-refractivity contribution < 1.29 is 4.42 Å². The molecule has 0 spiro atoms. The second-order valence-corrected chi connectivity index (χ2v) is 9.68. The van der Waals surface area contributed by atoms with Crippen LogP contribution in [0.1, 0.15) is 0 Å². The minimum atomic E-state index is 0.629. The lowest BCUT2D eigenvalue weighted by Gasteiger charge is -2.08. The summed E-state index contributed by atoms with van der Waals surface area (Å²) < 4.78 is 8.57. The van der Waals surface area contributed by atoms with Gasteiger partial charge in [-0.3, -0.25) is 0 Å². The number of hydrogen-bond acceptors (Lipinski definition) is 2. The molecule has 2 heterocycles. The van der Waals surface area contributed by atoms with Gasteiger partial charge in [-0.1, -0.05) is 78.9 Å². The molecule has 178 valence electrons. The van der Waals surface area contributed by atoms with Crippen molar-refractivity contribution in [3.05, 3.63) is 133 Å². The Morgan fingerprint density at radius 1 is 0.500 bits per heavy atom. The highest BCUT2D eigenvalue weighted by Crippen LogP contribution is 2.34. The van der Waals surface area contributed by atoms with Crippen LogP contribution >= 0.6 is 0 Å². The first-order valence-corrected chi connectivity index (χ1v) is 12.8. The van der Waals surface area contributed by atoms with E-state index in [4.69, 9.17) is 9.40 Å². The third-order valence-electron chi connectivity index (χ3n) is 7.42. The van der Waals surface area contributed by atoms with Gasteiger partial charge in [-0.15, -0.1) is 0 Å². The Hall–Kier alpha value is -5.15. The average Bonchev–Trinajstić information content (AvgIpc) is 3.56. The molecule has 0 aliphatic heterocycles. The molecule has 0 radical (unpaired) electrons. The molecule has 0 aliphatic rings. The zero-order valence-corrected chi connectivity index (χ0v) is 20.5. The molecule has 8 rings (SSSR count). The number of fused-ring (bicyclic) bond motifs is 5. The molecule has 0 atom stereocenters. The molecule has 0 bridgehead atoms. The smallest absolute Gasteiger partial charge is 0.227 e. The molecule has 0 amide bonds. The number of hydrogen-bond donors (Lipinski definition) is 0. The van der Waals surface area contributed by atoms with E-state index in [1.54, 1.807) is 0 Å². The van der Waals surface area contributed by atoms with E-state index in [-0.39, 0.29) is 0 Å². The molecule has 0 saturated heterocycles. The summed E-state index contributed by atoms with van der Waals surface area (Å²) in [6.45, 7) is 0. The van der Waals surface area contributed by atoms with E-state index >= 15 is 0 Å². The zero-order chi connectivity index (χ0) is 25.1. The molecule has 0 unspecified atom stereocenters. The second-order valence-electron chi connectivity index (χ2n) is 9.68. The van der Waals surface area contributed by atoms with E-state index in [0.29, 0.717) is 5.89 Å². The van der Waals surface area contributed by atoms with Crippen molar-refractivity contribution in [2.24, 2.45) is 0 Å². The number of rotatable bonds is 3. The zero-order valence-electron chi connectivity index (χ0n) is 20.5. The van der Waals surface area contributed by atoms with E-state index in [9.17, 15) is 0 Å². The number of benzene rings is 6. The van der Waals surface area contributed by atoms with Crippen molar-refractivity contribution in [3.8, 4) is 28.3 Å². The van der Waals surface area contributed by atoms with E-state index in [0.717, 1.165) is 27.9 Å². The number of para-hydroxylation sites is 2. The molecular weight excluding hydrogens is 464 g/mol. The van der Waals surface area contributed by atoms with E-state index in [1.807, 2.05) is 6.07 Å². The largest absolute Gasteiger partial charge is 0.436 e. The lowest BCUT2D eigenvalue weighted by Crippen LogP contribution is -1.93. The van der Waals surface area contributed by atoms with Gasteiger partial charge in [0.2, 0.25) is 5.89 Å². The number of aromatic nitrogens is 2. The molecule has 3 nitrogen and oxygen atoms in total. The Morgan fingerprint density at radius 2 is 1.11 bits per heavy atom. The molecule has 0 fully saturated rings. The lowest BCUT2D eigenvalue weighted by atomic mass is 10.0. The fourth-order valence-corrected chi connectivity index (χ4v) is 5.55. The molecule has 0 saturated carbocycles. The summed E-state index contributed by atoms with van der Waals surface area (Å²) in [5, 5.41) is 4.98. The van der Waals surface area contributed by atoms with Gasteiger partial charge in [0.05, 0.1) is 11.0 Å². The number of nitrogens with zero attached hydrogens (tertiary/aromatic N) is 2. The van der Waals surface area contributed by atoms with Crippen molar-refractivity contribution in [1.82, 2.24) is 9.55 Å². The van der Waals surface area contributed by atoms with Gasteiger partial charge < -0.3 is 8.98 Å². The Balaban J connectivity index is 1.18. The maximum Gasteiger partial charge on any atom is 0.227 e. The van der Waals surface area contributed by atoms with Crippen LogP contribution in [0.3, 0.4) is 0 Å². The highest BCUT2D eigenvalue weighted by Gasteiger charge is 2.13. The maximum absolute atomic E-state index is 6.26. The summed E-state index contributed by atoms with van der Waals surface area (Å²) in [6, 6.07) is 46.8. The van der Waals surface area contributed by atoms with Gasteiger partial charge in [0.25, 0.3) is 0 Å². The summed E-state index contributed by atoms with van der Waals surface area (Å²) in [6.07, 6.45) is 0. The van der Waals surface area contributed by atoms with E-state index in [2.05, 4.69) is 132 Å². The van der Waals surface area contributed by atoms with Crippen molar-refractivity contribution in [2.45, 2.75) is 0 Å². The van der Waals surface area contributed by atoms with Crippen molar-refractivity contribution in [2.75, 3.05) is 0 Å². The minimum Gasteiger partial charge on any atom is -0.436 e. The fourth-order valence-electron chi connectivity index (χ4n) is 5.55. The number of oxazole rings is 1.